The number of benzene rings is 2. The first-order chi connectivity index (χ1) is 6.31. The second-order valence-corrected chi connectivity index (χ2v) is 4.09. The minimum Gasteiger partial charge on any atom is -0.387 e. The molecule has 0 saturated carbocycles. The minimum absolute atomic E-state index is 1.19. The zero-order chi connectivity index (χ0) is 9.26. The van der Waals surface area contributed by atoms with E-state index in [1.807, 2.05) is 7.05 Å². The third-order valence-corrected chi connectivity index (χ3v) is 3.00. The largest absolute Gasteiger partial charge is 0.387 e. The van der Waals surface area contributed by atoms with E-state index in [0.29, 0.717) is 0 Å². The Balaban J connectivity index is 2.74. The highest BCUT2D eigenvalue weighted by atomic mass is 127. The van der Waals surface area contributed by atoms with E-state index < -0.39 is 0 Å². The first-order valence-electron chi connectivity index (χ1n) is 4.17. The quantitative estimate of drug-likeness (QED) is 0.790. The highest BCUT2D eigenvalue weighted by Crippen LogP contribution is 2.24. The average molecular weight is 283 g/mol. The smallest absolute Gasteiger partial charge is 0.0479 e. The van der Waals surface area contributed by atoms with Crippen LogP contribution in [0.5, 0.6) is 0 Å². The van der Waals surface area contributed by atoms with Crippen molar-refractivity contribution in [3.63, 3.8) is 0 Å². The molecule has 0 amide bonds. The molecule has 13 heavy (non-hydrogen) atoms. The van der Waals surface area contributed by atoms with E-state index in [4.69, 9.17) is 0 Å². The van der Waals surface area contributed by atoms with Crippen LogP contribution >= 0.6 is 22.6 Å². The van der Waals surface area contributed by atoms with E-state index in [1.54, 1.807) is 0 Å². The summed E-state index contributed by atoms with van der Waals surface area (Å²) >= 11 is 2.35. The van der Waals surface area contributed by atoms with E-state index in [-0.39, 0.29) is 0 Å². The van der Waals surface area contributed by atoms with Crippen molar-refractivity contribution >= 4 is 39.1 Å². The lowest BCUT2D eigenvalue weighted by Gasteiger charge is -2.05. The summed E-state index contributed by atoms with van der Waals surface area (Å²) in [5.74, 6) is 0. The molecule has 0 aliphatic heterocycles. The van der Waals surface area contributed by atoms with Gasteiger partial charge in [-0.1, -0.05) is 24.3 Å². The molecule has 1 nitrogen and oxygen atoms in total. The highest BCUT2D eigenvalue weighted by molar-refractivity contribution is 14.1. The molecule has 2 rings (SSSR count). The number of fused-ring (bicyclic) bond motifs is 1. The molecule has 0 heterocycles. The lowest BCUT2D eigenvalue weighted by Crippen LogP contribution is -1.90. The Labute approximate surface area is 91.3 Å². The Morgan fingerprint density at radius 2 is 1.69 bits per heavy atom. The Bertz CT molecular complexity index is 437. The molecule has 0 fully saturated rings. The summed E-state index contributed by atoms with van der Waals surface area (Å²) in [5, 5.41) is 5.76. The van der Waals surface area contributed by atoms with Crippen LogP contribution in [0, 0.1) is 3.57 Å². The lowest BCUT2D eigenvalue weighted by atomic mass is 10.1. The number of halogens is 1. The summed E-state index contributed by atoms with van der Waals surface area (Å²) in [5.41, 5.74) is 1.19. The van der Waals surface area contributed by atoms with Crippen LogP contribution in [-0.4, -0.2) is 7.05 Å². The Morgan fingerprint density at radius 1 is 1.08 bits per heavy atom. The first-order valence-corrected chi connectivity index (χ1v) is 5.25. The van der Waals surface area contributed by atoms with E-state index >= 15 is 0 Å². The molecule has 0 aromatic heterocycles. The molecule has 2 aromatic carbocycles. The van der Waals surface area contributed by atoms with Gasteiger partial charge >= 0.3 is 0 Å². The van der Waals surface area contributed by atoms with Crippen molar-refractivity contribution in [1.82, 2.24) is 0 Å². The highest BCUT2D eigenvalue weighted by Gasteiger charge is 1.99. The minimum atomic E-state index is 1.19. The van der Waals surface area contributed by atoms with Gasteiger partial charge in [0.1, 0.15) is 0 Å². The van der Waals surface area contributed by atoms with Crippen LogP contribution in [0.25, 0.3) is 10.8 Å². The third-order valence-electron chi connectivity index (χ3n) is 2.10. The van der Waals surface area contributed by atoms with Crippen molar-refractivity contribution in [2.24, 2.45) is 0 Å². The van der Waals surface area contributed by atoms with Crippen LogP contribution in [-0.2, 0) is 0 Å². The van der Waals surface area contributed by atoms with Crippen molar-refractivity contribution in [2.45, 2.75) is 0 Å². The summed E-state index contributed by atoms with van der Waals surface area (Å²) in [6, 6.07) is 12.8. The average Bonchev–Trinajstić information content (AvgIpc) is 2.17. The van der Waals surface area contributed by atoms with Gasteiger partial charge in [-0.25, -0.2) is 0 Å². The fraction of sp³-hybridized carbons (Fsp3) is 0.0909. The van der Waals surface area contributed by atoms with Crippen LogP contribution < -0.4 is 5.32 Å². The van der Waals surface area contributed by atoms with Gasteiger partial charge in [-0.15, -0.1) is 0 Å². The maximum absolute atomic E-state index is 3.18. The molecule has 0 spiro atoms. The Hall–Kier alpha value is -0.770. The molecule has 66 valence electrons. The number of rotatable bonds is 1. The normalized spacial score (nSPS) is 10.3. The molecule has 0 aliphatic carbocycles. The molecular formula is C11H10IN. The molecule has 0 bridgehead atoms. The molecule has 1 N–H and O–H groups in total. The van der Waals surface area contributed by atoms with Gasteiger partial charge in [0.25, 0.3) is 0 Å². The van der Waals surface area contributed by atoms with Crippen molar-refractivity contribution in [3.05, 3.63) is 40.0 Å². The topological polar surface area (TPSA) is 12.0 Å². The van der Waals surface area contributed by atoms with Crippen molar-refractivity contribution in [3.8, 4) is 0 Å². The second kappa shape index (κ2) is 3.54. The van der Waals surface area contributed by atoms with Crippen molar-refractivity contribution < 1.29 is 0 Å². The van der Waals surface area contributed by atoms with Gasteiger partial charge < -0.3 is 5.32 Å². The summed E-state index contributed by atoms with van der Waals surface area (Å²) in [4.78, 5) is 0. The number of hydrogen-bond donors (Lipinski definition) is 1. The summed E-state index contributed by atoms with van der Waals surface area (Å²) in [7, 11) is 1.95. The van der Waals surface area contributed by atoms with Gasteiger partial charge in [0.05, 0.1) is 0 Å². The van der Waals surface area contributed by atoms with E-state index in [1.165, 1.54) is 20.0 Å². The second-order valence-electron chi connectivity index (χ2n) is 2.93. The van der Waals surface area contributed by atoms with Crippen LogP contribution in [0.4, 0.5) is 5.69 Å². The van der Waals surface area contributed by atoms with E-state index in [0.717, 1.165) is 0 Å². The fourth-order valence-corrected chi connectivity index (χ4v) is 2.16. The number of nitrogens with one attached hydrogen (secondary N) is 1. The van der Waals surface area contributed by atoms with Crippen LogP contribution in [0.15, 0.2) is 36.4 Å². The van der Waals surface area contributed by atoms with Crippen LogP contribution in [0.2, 0.25) is 0 Å². The molecule has 0 atom stereocenters. The maximum Gasteiger partial charge on any atom is 0.0479 e. The molecule has 2 heteroatoms. The van der Waals surface area contributed by atoms with Gasteiger partial charge in [0.15, 0.2) is 0 Å². The predicted octanol–water partition coefficient (Wildman–Crippen LogP) is 3.49. The van der Waals surface area contributed by atoms with Gasteiger partial charge in [-0.2, -0.15) is 0 Å². The first kappa shape index (κ1) is 8.81. The van der Waals surface area contributed by atoms with E-state index in [9.17, 15) is 0 Å². The lowest BCUT2D eigenvalue weighted by molar-refractivity contribution is 1.51. The van der Waals surface area contributed by atoms with Crippen molar-refractivity contribution in [1.29, 1.82) is 0 Å². The number of hydrogen-bond acceptors (Lipinski definition) is 1. The maximum atomic E-state index is 3.18. The van der Waals surface area contributed by atoms with Crippen molar-refractivity contribution in [2.75, 3.05) is 12.4 Å². The standard InChI is InChI=1S/C11H10IN/c1-13-11-7-9-5-3-2-4-8(9)6-10(11)12/h2-7,13H,1H3. The van der Waals surface area contributed by atoms with Gasteiger partial charge in [-0.3, -0.25) is 0 Å². The van der Waals surface area contributed by atoms with Gasteiger partial charge in [0, 0.05) is 16.3 Å². The molecule has 0 aliphatic rings. The summed E-state index contributed by atoms with van der Waals surface area (Å²) < 4.78 is 1.26. The SMILES string of the molecule is CNc1cc2ccccc2cc1I. The summed E-state index contributed by atoms with van der Waals surface area (Å²) in [6.07, 6.45) is 0. The third kappa shape index (κ3) is 1.63. The van der Waals surface area contributed by atoms with Gasteiger partial charge in [0.2, 0.25) is 0 Å². The fourth-order valence-electron chi connectivity index (χ4n) is 1.40. The van der Waals surface area contributed by atoms with Gasteiger partial charge in [-0.05, 0) is 45.5 Å². The molecule has 0 unspecified atom stereocenters. The monoisotopic (exact) mass is 283 g/mol. The molecule has 2 aromatic rings. The summed E-state index contributed by atoms with van der Waals surface area (Å²) in [6.45, 7) is 0. The zero-order valence-electron chi connectivity index (χ0n) is 7.34. The molecular weight excluding hydrogens is 273 g/mol. The Morgan fingerprint density at radius 3 is 2.31 bits per heavy atom. The number of anilines is 1. The Kier molecular flexibility index (Phi) is 2.40. The van der Waals surface area contributed by atoms with Crippen LogP contribution in [0.3, 0.4) is 0 Å². The molecule has 0 saturated heterocycles. The zero-order valence-corrected chi connectivity index (χ0v) is 9.50. The van der Waals surface area contributed by atoms with E-state index in [2.05, 4.69) is 64.3 Å². The molecule has 0 radical (unpaired) electrons. The van der Waals surface area contributed by atoms with Crippen LogP contribution in [0.1, 0.15) is 0 Å². The predicted molar refractivity (Wildman–Crippen MR) is 66.2 cm³/mol.